The molecule has 1 aliphatic carbocycles. The lowest BCUT2D eigenvalue weighted by atomic mass is 9.79. The third-order valence-corrected chi connectivity index (χ3v) is 7.47. The van der Waals surface area contributed by atoms with Gasteiger partial charge in [-0.05, 0) is 25.0 Å². The smallest absolute Gasteiger partial charge is 0.275 e. The fourth-order valence-electron chi connectivity index (χ4n) is 5.56. The van der Waals surface area contributed by atoms with E-state index >= 15 is 0 Å². The summed E-state index contributed by atoms with van der Waals surface area (Å²) in [5, 5.41) is 3.30. The Balaban J connectivity index is 1.24. The number of carbonyl (C=O) groups is 2. The highest BCUT2D eigenvalue weighted by molar-refractivity contribution is 5.94. The molecule has 1 saturated carbocycles. The van der Waals surface area contributed by atoms with E-state index in [1.807, 2.05) is 35.2 Å². The molecule has 1 aromatic rings. The molecule has 1 aromatic carbocycles. The molecule has 170 valence electrons. The van der Waals surface area contributed by atoms with E-state index in [0.29, 0.717) is 19.6 Å². The van der Waals surface area contributed by atoms with Gasteiger partial charge in [-0.15, -0.1) is 0 Å². The molecule has 3 fully saturated rings. The Kier molecular flexibility index (Phi) is 7.58. The number of benzene rings is 1. The van der Waals surface area contributed by atoms with E-state index in [4.69, 9.17) is 4.74 Å². The van der Waals surface area contributed by atoms with Crippen LogP contribution in [-0.2, 0) is 9.53 Å². The van der Waals surface area contributed by atoms with Gasteiger partial charge < -0.3 is 24.8 Å². The molecule has 2 amide bonds. The predicted octanol–water partition coefficient (Wildman–Crippen LogP) is -1.24. The average Bonchev–Trinajstić information content (AvgIpc) is 2.84. The van der Waals surface area contributed by atoms with E-state index in [1.54, 1.807) is 4.90 Å². The van der Waals surface area contributed by atoms with E-state index in [0.717, 1.165) is 51.5 Å². The Morgan fingerprint density at radius 2 is 1.65 bits per heavy atom. The lowest BCUT2D eigenvalue weighted by molar-refractivity contribution is -0.960. The van der Waals surface area contributed by atoms with E-state index in [9.17, 15) is 9.59 Å². The number of amides is 2. The minimum atomic E-state index is 0.0943. The number of nitrogens with zero attached hydrogens (tertiary/aromatic N) is 1. The van der Waals surface area contributed by atoms with Crippen molar-refractivity contribution >= 4 is 11.8 Å². The minimum Gasteiger partial charge on any atom is -0.370 e. The summed E-state index contributed by atoms with van der Waals surface area (Å²) in [6.07, 6.45) is 6.26. The zero-order valence-corrected chi connectivity index (χ0v) is 18.7. The zero-order valence-electron chi connectivity index (χ0n) is 18.7. The van der Waals surface area contributed by atoms with Crippen molar-refractivity contribution in [1.82, 2.24) is 10.2 Å². The van der Waals surface area contributed by atoms with Gasteiger partial charge in [0.05, 0.1) is 45.9 Å². The SMILES string of the molecule is O=C(C[NH+]1CCN(C(=O)c2ccccc2)CC1)NCC1([NH+]2CCOCC2)CCCCC1. The van der Waals surface area contributed by atoms with Crippen LogP contribution >= 0.6 is 0 Å². The predicted molar refractivity (Wildman–Crippen MR) is 118 cm³/mol. The Bertz CT molecular complexity index is 722. The minimum absolute atomic E-state index is 0.0943. The Hall–Kier alpha value is -1.96. The first kappa shape index (κ1) is 22.2. The van der Waals surface area contributed by atoms with E-state index < -0.39 is 0 Å². The summed E-state index contributed by atoms with van der Waals surface area (Å²) in [6, 6.07) is 9.46. The quantitative estimate of drug-likeness (QED) is 0.529. The van der Waals surface area contributed by atoms with Gasteiger partial charge in [0.2, 0.25) is 0 Å². The van der Waals surface area contributed by atoms with Crippen LogP contribution in [0, 0.1) is 0 Å². The first-order chi connectivity index (χ1) is 15.2. The second-order valence-electron chi connectivity index (χ2n) is 9.42. The molecule has 0 aromatic heterocycles. The Morgan fingerprint density at radius 1 is 0.968 bits per heavy atom. The Labute approximate surface area is 185 Å². The monoisotopic (exact) mass is 430 g/mol. The number of ether oxygens (including phenoxy) is 1. The lowest BCUT2D eigenvalue weighted by Gasteiger charge is -2.45. The van der Waals surface area contributed by atoms with Gasteiger partial charge in [-0.25, -0.2) is 0 Å². The molecule has 31 heavy (non-hydrogen) atoms. The van der Waals surface area contributed by atoms with Crippen molar-refractivity contribution in [2.45, 2.75) is 37.6 Å². The molecule has 0 atom stereocenters. The second-order valence-corrected chi connectivity index (χ2v) is 9.42. The van der Waals surface area contributed by atoms with Crippen LogP contribution in [0.25, 0.3) is 0 Å². The van der Waals surface area contributed by atoms with Gasteiger partial charge in [-0.3, -0.25) is 9.59 Å². The van der Waals surface area contributed by atoms with Gasteiger partial charge in [0.1, 0.15) is 18.6 Å². The van der Waals surface area contributed by atoms with Gasteiger partial charge in [0, 0.05) is 18.4 Å². The molecule has 0 bridgehead atoms. The van der Waals surface area contributed by atoms with Crippen molar-refractivity contribution in [3.8, 4) is 0 Å². The van der Waals surface area contributed by atoms with Crippen molar-refractivity contribution in [1.29, 1.82) is 0 Å². The topological polar surface area (TPSA) is 67.5 Å². The molecular formula is C24H38N4O3+2. The van der Waals surface area contributed by atoms with E-state index in [2.05, 4.69) is 5.32 Å². The number of hydrogen-bond acceptors (Lipinski definition) is 3. The molecule has 0 spiro atoms. The highest BCUT2D eigenvalue weighted by Crippen LogP contribution is 2.25. The number of piperazine rings is 1. The van der Waals surface area contributed by atoms with Crippen molar-refractivity contribution in [2.75, 3.05) is 65.6 Å². The van der Waals surface area contributed by atoms with E-state index in [1.165, 1.54) is 37.0 Å². The summed E-state index contributed by atoms with van der Waals surface area (Å²) in [6.45, 7) is 8.13. The van der Waals surface area contributed by atoms with Gasteiger partial charge in [0.15, 0.2) is 6.54 Å². The zero-order chi connectivity index (χ0) is 21.5. The van der Waals surface area contributed by atoms with Crippen molar-refractivity contribution < 1.29 is 24.1 Å². The molecular weight excluding hydrogens is 392 g/mol. The van der Waals surface area contributed by atoms with Gasteiger partial charge in [-0.2, -0.15) is 0 Å². The number of quaternary nitrogens is 2. The van der Waals surface area contributed by atoms with Crippen LogP contribution in [0.4, 0.5) is 0 Å². The number of nitrogens with one attached hydrogen (secondary N) is 3. The summed E-state index contributed by atoms with van der Waals surface area (Å²) in [4.78, 5) is 30.2. The van der Waals surface area contributed by atoms with Crippen LogP contribution in [0.2, 0.25) is 0 Å². The Morgan fingerprint density at radius 3 is 2.32 bits per heavy atom. The highest BCUT2D eigenvalue weighted by Gasteiger charge is 2.42. The van der Waals surface area contributed by atoms with Crippen LogP contribution in [0.15, 0.2) is 30.3 Å². The first-order valence-corrected chi connectivity index (χ1v) is 12.0. The van der Waals surface area contributed by atoms with Crippen LogP contribution in [0.3, 0.4) is 0 Å². The molecule has 3 aliphatic rings. The summed E-state index contributed by atoms with van der Waals surface area (Å²) in [7, 11) is 0. The summed E-state index contributed by atoms with van der Waals surface area (Å²) >= 11 is 0. The molecule has 7 nitrogen and oxygen atoms in total. The normalized spacial score (nSPS) is 22.8. The average molecular weight is 431 g/mol. The number of carbonyl (C=O) groups excluding carboxylic acids is 2. The maximum atomic E-state index is 12.8. The summed E-state index contributed by atoms with van der Waals surface area (Å²) in [5.41, 5.74) is 0.931. The summed E-state index contributed by atoms with van der Waals surface area (Å²) < 4.78 is 5.58. The molecule has 4 rings (SSSR count). The fourth-order valence-corrected chi connectivity index (χ4v) is 5.56. The standard InChI is InChI=1S/C24H36N4O3/c29-22(25-20-24(9-5-2-6-10-24)28-15-17-31-18-16-28)19-26-11-13-27(14-12-26)23(30)21-7-3-1-4-8-21/h1,3-4,7-8H,2,5-6,9-20H2,(H,25,29)/p+2. The number of rotatable bonds is 6. The van der Waals surface area contributed by atoms with Crippen LogP contribution in [0.1, 0.15) is 42.5 Å². The molecule has 7 heteroatoms. The van der Waals surface area contributed by atoms with Crippen LogP contribution in [-0.4, -0.2) is 87.8 Å². The maximum Gasteiger partial charge on any atom is 0.275 e. The molecule has 2 aliphatic heterocycles. The summed E-state index contributed by atoms with van der Waals surface area (Å²) in [5.74, 6) is 0.243. The largest absolute Gasteiger partial charge is 0.370 e. The van der Waals surface area contributed by atoms with E-state index in [-0.39, 0.29) is 17.4 Å². The maximum absolute atomic E-state index is 12.8. The van der Waals surface area contributed by atoms with Crippen molar-refractivity contribution in [3.63, 3.8) is 0 Å². The second kappa shape index (κ2) is 10.6. The molecule has 2 saturated heterocycles. The molecule has 2 heterocycles. The lowest BCUT2D eigenvalue weighted by Crippen LogP contribution is -3.23. The fraction of sp³-hybridized carbons (Fsp3) is 0.667. The first-order valence-electron chi connectivity index (χ1n) is 12.0. The van der Waals surface area contributed by atoms with Gasteiger partial charge in [0.25, 0.3) is 11.8 Å². The van der Waals surface area contributed by atoms with Crippen LogP contribution < -0.4 is 15.1 Å². The third kappa shape index (κ3) is 5.64. The van der Waals surface area contributed by atoms with Gasteiger partial charge in [-0.1, -0.05) is 24.6 Å². The highest BCUT2D eigenvalue weighted by atomic mass is 16.5. The molecule has 0 radical (unpaired) electrons. The van der Waals surface area contributed by atoms with Crippen molar-refractivity contribution in [3.05, 3.63) is 35.9 Å². The van der Waals surface area contributed by atoms with Crippen LogP contribution in [0.5, 0.6) is 0 Å². The molecule has 3 N–H and O–H groups in total. The van der Waals surface area contributed by atoms with Gasteiger partial charge >= 0.3 is 0 Å². The molecule has 0 unspecified atom stereocenters. The third-order valence-electron chi connectivity index (χ3n) is 7.47. The number of morpholine rings is 1. The van der Waals surface area contributed by atoms with Crippen molar-refractivity contribution in [2.24, 2.45) is 0 Å². The number of hydrogen-bond donors (Lipinski definition) is 3.